The number of carbonyl (C=O) groups excluding carboxylic acids is 1. The van der Waals surface area contributed by atoms with Crippen LogP contribution >= 0.6 is 0 Å². The number of hydrogen-bond donors (Lipinski definition) is 1. The van der Waals surface area contributed by atoms with Crippen molar-refractivity contribution >= 4 is 5.97 Å². The summed E-state index contributed by atoms with van der Waals surface area (Å²) in [5, 5.41) is 0. The normalized spacial score (nSPS) is 16.6. The number of nitrogens with two attached hydrogens (primary N) is 1. The standard InChI is InChI=1S/C15H21NO4/c1-3-19-13-8-10-6-12(16)7-11(10)9-14(13)20-5-4-15(17)18-2/h8-9,12H,3-7,16H2,1-2H3. The van der Waals surface area contributed by atoms with Crippen molar-refractivity contribution in [3.8, 4) is 11.5 Å². The maximum absolute atomic E-state index is 11.1. The van der Waals surface area contributed by atoms with Crippen molar-refractivity contribution in [3.05, 3.63) is 23.3 Å². The van der Waals surface area contributed by atoms with Crippen LogP contribution in [0.25, 0.3) is 0 Å². The number of hydrogen-bond acceptors (Lipinski definition) is 5. The summed E-state index contributed by atoms with van der Waals surface area (Å²) in [6.07, 6.45) is 1.95. The van der Waals surface area contributed by atoms with Gasteiger partial charge in [0.25, 0.3) is 0 Å². The van der Waals surface area contributed by atoms with Gasteiger partial charge >= 0.3 is 5.97 Å². The van der Waals surface area contributed by atoms with Gasteiger partial charge in [-0.05, 0) is 43.0 Å². The number of esters is 1. The molecule has 2 N–H and O–H groups in total. The van der Waals surface area contributed by atoms with E-state index in [0.29, 0.717) is 18.1 Å². The van der Waals surface area contributed by atoms with Crippen molar-refractivity contribution in [2.75, 3.05) is 20.3 Å². The molecule has 1 aromatic rings. The predicted molar refractivity (Wildman–Crippen MR) is 75.1 cm³/mol. The molecular formula is C15H21NO4. The number of ether oxygens (including phenoxy) is 3. The highest BCUT2D eigenvalue weighted by Crippen LogP contribution is 2.35. The lowest BCUT2D eigenvalue weighted by Gasteiger charge is -2.13. The lowest BCUT2D eigenvalue weighted by atomic mass is 10.1. The summed E-state index contributed by atoms with van der Waals surface area (Å²) in [4.78, 5) is 11.1. The van der Waals surface area contributed by atoms with Gasteiger partial charge in [0.15, 0.2) is 11.5 Å². The zero-order chi connectivity index (χ0) is 14.5. The van der Waals surface area contributed by atoms with E-state index in [1.54, 1.807) is 0 Å². The van der Waals surface area contributed by atoms with E-state index in [0.717, 1.165) is 12.8 Å². The van der Waals surface area contributed by atoms with Crippen molar-refractivity contribution in [3.63, 3.8) is 0 Å². The van der Waals surface area contributed by atoms with E-state index in [9.17, 15) is 4.79 Å². The number of fused-ring (bicyclic) bond motifs is 1. The maximum Gasteiger partial charge on any atom is 0.308 e. The molecule has 1 unspecified atom stereocenters. The Balaban J connectivity index is 2.10. The second-order valence-electron chi connectivity index (χ2n) is 4.84. The maximum atomic E-state index is 11.1. The molecule has 0 spiro atoms. The molecule has 0 amide bonds. The average Bonchev–Trinajstić information content (AvgIpc) is 2.78. The molecule has 5 heteroatoms. The van der Waals surface area contributed by atoms with E-state index in [-0.39, 0.29) is 25.0 Å². The van der Waals surface area contributed by atoms with Gasteiger partial charge in [-0.3, -0.25) is 4.79 Å². The fourth-order valence-corrected chi connectivity index (χ4v) is 2.39. The molecule has 0 heterocycles. The molecule has 2 rings (SSSR count). The van der Waals surface area contributed by atoms with Crippen LogP contribution < -0.4 is 15.2 Å². The molecule has 1 atom stereocenters. The molecule has 1 aromatic carbocycles. The van der Waals surface area contributed by atoms with Gasteiger partial charge in [-0.2, -0.15) is 0 Å². The fourth-order valence-electron chi connectivity index (χ4n) is 2.39. The van der Waals surface area contributed by atoms with Crippen molar-refractivity contribution in [1.29, 1.82) is 0 Å². The highest BCUT2D eigenvalue weighted by molar-refractivity contribution is 5.69. The monoisotopic (exact) mass is 279 g/mol. The van der Waals surface area contributed by atoms with Crippen molar-refractivity contribution in [2.24, 2.45) is 5.73 Å². The van der Waals surface area contributed by atoms with E-state index in [1.807, 2.05) is 19.1 Å². The van der Waals surface area contributed by atoms with Gasteiger partial charge in [0.1, 0.15) is 0 Å². The average molecular weight is 279 g/mol. The van der Waals surface area contributed by atoms with Gasteiger partial charge in [-0.25, -0.2) is 0 Å². The third-order valence-corrected chi connectivity index (χ3v) is 3.32. The number of methoxy groups -OCH3 is 1. The Kier molecular flexibility index (Phi) is 4.84. The summed E-state index contributed by atoms with van der Waals surface area (Å²) in [6.45, 7) is 2.77. The van der Waals surface area contributed by atoms with E-state index in [2.05, 4.69) is 4.74 Å². The Hall–Kier alpha value is -1.75. The topological polar surface area (TPSA) is 70.8 Å². The third kappa shape index (κ3) is 3.42. The first-order valence-electron chi connectivity index (χ1n) is 6.87. The quantitative estimate of drug-likeness (QED) is 0.798. The molecule has 0 aromatic heterocycles. The Morgan fingerprint density at radius 3 is 2.40 bits per heavy atom. The fraction of sp³-hybridized carbons (Fsp3) is 0.533. The van der Waals surface area contributed by atoms with Crippen LogP contribution in [0.4, 0.5) is 0 Å². The Morgan fingerprint density at radius 2 is 1.85 bits per heavy atom. The van der Waals surface area contributed by atoms with Crippen LogP contribution in [-0.4, -0.2) is 32.3 Å². The van der Waals surface area contributed by atoms with Crippen LogP contribution in [0.1, 0.15) is 24.5 Å². The Bertz CT molecular complexity index is 487. The lowest BCUT2D eigenvalue weighted by molar-refractivity contribution is -0.141. The minimum absolute atomic E-state index is 0.171. The third-order valence-electron chi connectivity index (χ3n) is 3.32. The van der Waals surface area contributed by atoms with E-state index < -0.39 is 0 Å². The molecule has 20 heavy (non-hydrogen) atoms. The molecule has 0 aliphatic heterocycles. The number of carbonyl (C=O) groups is 1. The summed E-state index contributed by atoms with van der Waals surface area (Å²) in [7, 11) is 1.37. The van der Waals surface area contributed by atoms with Gasteiger partial charge in [0, 0.05) is 6.04 Å². The molecule has 0 saturated carbocycles. The molecule has 0 radical (unpaired) electrons. The largest absolute Gasteiger partial charge is 0.490 e. The first kappa shape index (κ1) is 14.7. The molecule has 110 valence electrons. The van der Waals surface area contributed by atoms with E-state index in [1.165, 1.54) is 18.2 Å². The van der Waals surface area contributed by atoms with Crippen LogP contribution in [0.2, 0.25) is 0 Å². The Morgan fingerprint density at radius 1 is 1.25 bits per heavy atom. The number of benzene rings is 1. The van der Waals surface area contributed by atoms with E-state index >= 15 is 0 Å². The second-order valence-corrected chi connectivity index (χ2v) is 4.84. The van der Waals surface area contributed by atoms with Gasteiger partial charge in [-0.15, -0.1) is 0 Å². The SMILES string of the molecule is CCOc1cc2c(cc1OCCC(=O)OC)CC(N)C2. The minimum Gasteiger partial charge on any atom is -0.490 e. The first-order valence-corrected chi connectivity index (χ1v) is 6.87. The summed E-state index contributed by atoms with van der Waals surface area (Å²) < 4.78 is 15.8. The summed E-state index contributed by atoms with van der Waals surface area (Å²) >= 11 is 0. The molecule has 0 bridgehead atoms. The molecule has 1 aliphatic carbocycles. The van der Waals surface area contributed by atoms with Crippen LogP contribution in [0.3, 0.4) is 0 Å². The molecule has 0 fully saturated rings. The first-order chi connectivity index (χ1) is 9.63. The van der Waals surface area contributed by atoms with Gasteiger partial charge in [0.2, 0.25) is 0 Å². The van der Waals surface area contributed by atoms with Gasteiger partial charge in [0.05, 0.1) is 26.7 Å². The van der Waals surface area contributed by atoms with Gasteiger partial charge < -0.3 is 19.9 Å². The summed E-state index contributed by atoms with van der Waals surface area (Å²) in [6, 6.07) is 4.15. The van der Waals surface area contributed by atoms with Gasteiger partial charge in [-0.1, -0.05) is 0 Å². The summed E-state index contributed by atoms with van der Waals surface area (Å²) in [5.74, 6) is 1.10. The highest BCUT2D eigenvalue weighted by atomic mass is 16.5. The number of rotatable bonds is 6. The molecule has 5 nitrogen and oxygen atoms in total. The van der Waals surface area contributed by atoms with Crippen molar-refractivity contribution in [1.82, 2.24) is 0 Å². The van der Waals surface area contributed by atoms with E-state index in [4.69, 9.17) is 15.2 Å². The minimum atomic E-state index is -0.286. The van der Waals surface area contributed by atoms with Crippen LogP contribution in [0, 0.1) is 0 Å². The zero-order valence-electron chi connectivity index (χ0n) is 12.0. The summed E-state index contributed by atoms with van der Waals surface area (Å²) in [5.41, 5.74) is 8.40. The van der Waals surface area contributed by atoms with Crippen LogP contribution in [-0.2, 0) is 22.4 Å². The second kappa shape index (κ2) is 6.61. The molecule has 0 saturated heterocycles. The zero-order valence-corrected chi connectivity index (χ0v) is 12.0. The molecular weight excluding hydrogens is 258 g/mol. The highest BCUT2D eigenvalue weighted by Gasteiger charge is 2.21. The van der Waals surface area contributed by atoms with Crippen molar-refractivity contribution in [2.45, 2.75) is 32.2 Å². The lowest BCUT2D eigenvalue weighted by Crippen LogP contribution is -2.18. The predicted octanol–water partition coefficient (Wildman–Crippen LogP) is 1.45. The van der Waals surface area contributed by atoms with Crippen LogP contribution in [0.5, 0.6) is 11.5 Å². The van der Waals surface area contributed by atoms with Crippen molar-refractivity contribution < 1.29 is 19.0 Å². The molecule has 1 aliphatic rings. The smallest absolute Gasteiger partial charge is 0.308 e. The van der Waals surface area contributed by atoms with Crippen LogP contribution in [0.15, 0.2) is 12.1 Å². The Labute approximate surface area is 119 Å².